The quantitative estimate of drug-likeness (QED) is 0.863. The first-order valence-electron chi connectivity index (χ1n) is 5.46. The van der Waals surface area contributed by atoms with Gasteiger partial charge in [-0.1, -0.05) is 18.2 Å². The molecule has 4 nitrogen and oxygen atoms in total. The summed E-state index contributed by atoms with van der Waals surface area (Å²) in [6, 6.07) is 13.5. The molecule has 0 heterocycles. The molecule has 0 aliphatic carbocycles. The lowest BCUT2D eigenvalue weighted by Gasteiger charge is -2.07. The van der Waals surface area contributed by atoms with E-state index < -0.39 is 5.91 Å². The summed E-state index contributed by atoms with van der Waals surface area (Å²) in [5.74, 6) is 0.273. The van der Waals surface area contributed by atoms with Crippen molar-refractivity contribution >= 4 is 5.91 Å². The van der Waals surface area contributed by atoms with Gasteiger partial charge in [0.2, 0.25) is 5.91 Å². The molecule has 0 fully saturated rings. The number of hydrogen-bond acceptors (Lipinski definition) is 3. The van der Waals surface area contributed by atoms with Gasteiger partial charge in [-0.3, -0.25) is 4.79 Å². The van der Waals surface area contributed by atoms with Crippen molar-refractivity contribution in [2.24, 2.45) is 5.73 Å². The zero-order valence-corrected chi connectivity index (χ0v) is 9.67. The van der Waals surface area contributed by atoms with Crippen LogP contribution in [-0.2, 0) is 6.61 Å². The Balaban J connectivity index is 2.06. The summed E-state index contributed by atoms with van der Waals surface area (Å²) >= 11 is 0. The van der Waals surface area contributed by atoms with Crippen LogP contribution < -0.4 is 10.5 Å². The minimum atomic E-state index is -0.488. The lowest BCUT2D eigenvalue weighted by molar-refractivity contribution is 0.1000. The molecular weight excluding hydrogens is 230 g/mol. The molecule has 0 saturated heterocycles. The van der Waals surface area contributed by atoms with Gasteiger partial charge in [-0.05, 0) is 35.9 Å². The molecule has 0 atom stereocenters. The Kier molecular flexibility index (Phi) is 3.48. The fourth-order valence-electron chi connectivity index (χ4n) is 1.55. The number of amides is 1. The number of phenols is 1. The summed E-state index contributed by atoms with van der Waals surface area (Å²) in [6.07, 6.45) is 0. The second-order valence-corrected chi connectivity index (χ2v) is 3.85. The predicted octanol–water partition coefficient (Wildman–Crippen LogP) is 2.07. The van der Waals surface area contributed by atoms with Gasteiger partial charge in [0.15, 0.2) is 0 Å². The third kappa shape index (κ3) is 3.01. The van der Waals surface area contributed by atoms with Crippen molar-refractivity contribution in [1.82, 2.24) is 0 Å². The zero-order chi connectivity index (χ0) is 13.0. The summed E-state index contributed by atoms with van der Waals surface area (Å²) in [5, 5.41) is 9.31. The van der Waals surface area contributed by atoms with Gasteiger partial charge in [0.25, 0.3) is 0 Å². The van der Waals surface area contributed by atoms with E-state index in [4.69, 9.17) is 10.5 Å². The van der Waals surface area contributed by atoms with Gasteiger partial charge < -0.3 is 15.6 Å². The highest BCUT2D eigenvalue weighted by atomic mass is 16.5. The van der Waals surface area contributed by atoms with Crippen LogP contribution >= 0.6 is 0 Å². The van der Waals surface area contributed by atoms with Crippen molar-refractivity contribution in [3.8, 4) is 11.5 Å². The lowest BCUT2D eigenvalue weighted by Crippen LogP contribution is -2.10. The highest BCUT2D eigenvalue weighted by Crippen LogP contribution is 2.16. The molecule has 0 aliphatic rings. The van der Waals surface area contributed by atoms with Gasteiger partial charge in [-0.2, -0.15) is 0 Å². The van der Waals surface area contributed by atoms with Crippen molar-refractivity contribution in [2.75, 3.05) is 0 Å². The van der Waals surface area contributed by atoms with Crippen LogP contribution in [0.5, 0.6) is 11.5 Å². The van der Waals surface area contributed by atoms with Gasteiger partial charge >= 0.3 is 0 Å². The molecule has 2 aromatic carbocycles. The maximum Gasteiger partial charge on any atom is 0.248 e. The minimum Gasteiger partial charge on any atom is -0.508 e. The van der Waals surface area contributed by atoms with Crippen LogP contribution in [0.25, 0.3) is 0 Å². The largest absolute Gasteiger partial charge is 0.508 e. The van der Waals surface area contributed by atoms with Crippen LogP contribution in [0.15, 0.2) is 48.5 Å². The van der Waals surface area contributed by atoms with Gasteiger partial charge in [0.1, 0.15) is 18.1 Å². The van der Waals surface area contributed by atoms with Crippen molar-refractivity contribution in [3.05, 3.63) is 59.7 Å². The van der Waals surface area contributed by atoms with Crippen LogP contribution in [-0.4, -0.2) is 11.0 Å². The fraction of sp³-hybridized carbons (Fsp3) is 0.0714. The third-order valence-electron chi connectivity index (χ3n) is 2.43. The first kappa shape index (κ1) is 12.0. The van der Waals surface area contributed by atoms with Crippen molar-refractivity contribution < 1.29 is 14.6 Å². The summed E-state index contributed by atoms with van der Waals surface area (Å²) in [6.45, 7) is 0.316. The van der Waals surface area contributed by atoms with E-state index >= 15 is 0 Å². The van der Waals surface area contributed by atoms with E-state index in [9.17, 15) is 9.90 Å². The average Bonchev–Trinajstić information content (AvgIpc) is 2.37. The van der Waals surface area contributed by atoms with E-state index in [1.165, 1.54) is 0 Å². The molecular formula is C14H13NO3. The van der Waals surface area contributed by atoms with Crippen LogP contribution in [0, 0.1) is 0 Å². The Bertz CT molecular complexity index is 566. The molecule has 0 unspecified atom stereocenters. The first-order chi connectivity index (χ1) is 8.65. The number of primary amides is 1. The van der Waals surface area contributed by atoms with Crippen molar-refractivity contribution in [2.45, 2.75) is 6.61 Å². The predicted molar refractivity (Wildman–Crippen MR) is 67.4 cm³/mol. The van der Waals surface area contributed by atoms with Gasteiger partial charge in [-0.25, -0.2) is 0 Å². The SMILES string of the molecule is NC(=O)c1cccc(OCc2cccc(O)c2)c1. The highest BCUT2D eigenvalue weighted by Gasteiger charge is 2.02. The molecule has 2 rings (SSSR count). The second-order valence-electron chi connectivity index (χ2n) is 3.85. The average molecular weight is 243 g/mol. The number of benzene rings is 2. The molecule has 18 heavy (non-hydrogen) atoms. The van der Waals surface area contributed by atoms with E-state index in [-0.39, 0.29) is 5.75 Å². The number of hydrogen-bond donors (Lipinski definition) is 2. The maximum atomic E-state index is 11.0. The number of carbonyl (C=O) groups excluding carboxylic acids is 1. The van der Waals surface area contributed by atoms with Crippen LogP contribution in [0.1, 0.15) is 15.9 Å². The second kappa shape index (κ2) is 5.23. The van der Waals surface area contributed by atoms with Crippen molar-refractivity contribution in [3.63, 3.8) is 0 Å². The molecule has 4 heteroatoms. The lowest BCUT2D eigenvalue weighted by atomic mass is 10.2. The van der Waals surface area contributed by atoms with Gasteiger partial charge in [-0.15, -0.1) is 0 Å². The normalized spacial score (nSPS) is 10.0. The Morgan fingerprint density at radius 3 is 2.67 bits per heavy atom. The maximum absolute atomic E-state index is 11.0. The molecule has 2 aromatic rings. The first-order valence-corrected chi connectivity index (χ1v) is 5.46. The topological polar surface area (TPSA) is 72.6 Å². The number of rotatable bonds is 4. The zero-order valence-electron chi connectivity index (χ0n) is 9.67. The Morgan fingerprint density at radius 1 is 1.17 bits per heavy atom. The van der Waals surface area contributed by atoms with E-state index in [2.05, 4.69) is 0 Å². The van der Waals surface area contributed by atoms with Gasteiger partial charge in [0.05, 0.1) is 0 Å². The number of carbonyl (C=O) groups is 1. The molecule has 0 radical (unpaired) electrons. The summed E-state index contributed by atoms with van der Waals surface area (Å²) < 4.78 is 5.52. The van der Waals surface area contributed by atoms with E-state index in [0.29, 0.717) is 17.9 Å². The fourth-order valence-corrected chi connectivity index (χ4v) is 1.55. The number of nitrogens with two attached hydrogens (primary N) is 1. The van der Waals surface area contributed by atoms with Crippen LogP contribution in [0.2, 0.25) is 0 Å². The summed E-state index contributed by atoms with van der Waals surface area (Å²) in [5.41, 5.74) is 6.43. The summed E-state index contributed by atoms with van der Waals surface area (Å²) in [7, 11) is 0. The molecule has 0 spiro atoms. The van der Waals surface area contributed by atoms with Crippen LogP contribution in [0.3, 0.4) is 0 Å². The number of aromatic hydroxyl groups is 1. The van der Waals surface area contributed by atoms with Gasteiger partial charge in [0, 0.05) is 5.56 Å². The van der Waals surface area contributed by atoms with Crippen molar-refractivity contribution in [1.29, 1.82) is 0 Å². The standard InChI is InChI=1S/C14H13NO3/c15-14(17)11-4-2-6-13(8-11)18-9-10-3-1-5-12(16)7-10/h1-8,16H,9H2,(H2,15,17). The Hall–Kier alpha value is -2.49. The monoisotopic (exact) mass is 243 g/mol. The van der Waals surface area contributed by atoms with E-state index in [1.54, 1.807) is 42.5 Å². The number of phenolic OH excluding ortho intramolecular Hbond substituents is 1. The molecule has 92 valence electrons. The van der Waals surface area contributed by atoms with E-state index in [1.807, 2.05) is 6.07 Å². The summed E-state index contributed by atoms with van der Waals surface area (Å²) in [4.78, 5) is 11.0. The third-order valence-corrected chi connectivity index (χ3v) is 2.43. The number of ether oxygens (including phenoxy) is 1. The van der Waals surface area contributed by atoms with E-state index in [0.717, 1.165) is 5.56 Å². The molecule has 0 aliphatic heterocycles. The molecule has 0 bridgehead atoms. The Morgan fingerprint density at radius 2 is 1.94 bits per heavy atom. The molecule has 3 N–H and O–H groups in total. The molecule has 0 saturated carbocycles. The smallest absolute Gasteiger partial charge is 0.248 e. The van der Waals surface area contributed by atoms with Crippen LogP contribution in [0.4, 0.5) is 0 Å². The minimum absolute atomic E-state index is 0.196. The highest BCUT2D eigenvalue weighted by molar-refractivity contribution is 5.93. The molecule has 0 aromatic heterocycles. The molecule has 1 amide bonds. The Labute approximate surface area is 105 Å².